The number of hydrogen-bond donors (Lipinski definition) is 1. The minimum atomic E-state index is -0.142. The third kappa shape index (κ3) is 3.28. The van der Waals surface area contributed by atoms with Crippen molar-refractivity contribution in [3.8, 4) is 0 Å². The maximum atomic E-state index is 13.8. The van der Waals surface area contributed by atoms with Crippen LogP contribution in [0.1, 0.15) is 38.3 Å². The monoisotopic (exact) mass is 273 g/mol. The first-order valence-corrected chi connectivity index (χ1v) is 6.17. The third-order valence-corrected chi connectivity index (χ3v) is 3.00. The van der Waals surface area contributed by atoms with Crippen molar-refractivity contribution in [1.82, 2.24) is 5.32 Å². The average molecular weight is 274 g/mol. The second kappa shape index (κ2) is 6.23. The highest BCUT2D eigenvalue weighted by molar-refractivity contribution is 9.10. The van der Waals surface area contributed by atoms with Crippen molar-refractivity contribution in [3.05, 3.63) is 34.1 Å². The van der Waals surface area contributed by atoms with Crippen LogP contribution >= 0.6 is 15.9 Å². The molecule has 1 N–H and O–H groups in total. The summed E-state index contributed by atoms with van der Waals surface area (Å²) < 4.78 is 14.4. The maximum absolute atomic E-state index is 13.8. The van der Waals surface area contributed by atoms with Crippen molar-refractivity contribution in [1.29, 1.82) is 0 Å². The molecular weight excluding hydrogens is 257 g/mol. The number of benzene rings is 1. The van der Waals surface area contributed by atoms with E-state index in [0.717, 1.165) is 24.9 Å². The van der Waals surface area contributed by atoms with Crippen molar-refractivity contribution >= 4 is 15.9 Å². The average Bonchev–Trinajstić information content (AvgIpc) is 2.22. The molecule has 0 fully saturated rings. The first kappa shape index (κ1) is 12.7. The maximum Gasteiger partial charge on any atom is 0.142 e. The Morgan fingerprint density at radius 3 is 2.73 bits per heavy atom. The van der Waals surface area contributed by atoms with Crippen molar-refractivity contribution in [2.45, 2.75) is 32.7 Å². The summed E-state index contributed by atoms with van der Waals surface area (Å²) in [7, 11) is 0. The van der Waals surface area contributed by atoms with E-state index in [0.29, 0.717) is 4.47 Å². The zero-order chi connectivity index (χ0) is 11.3. The summed E-state index contributed by atoms with van der Waals surface area (Å²) in [6, 6.07) is 5.58. The molecule has 1 atom stereocenters. The molecule has 1 aromatic carbocycles. The quantitative estimate of drug-likeness (QED) is 0.854. The molecule has 84 valence electrons. The van der Waals surface area contributed by atoms with E-state index in [4.69, 9.17) is 0 Å². The fourth-order valence-corrected chi connectivity index (χ4v) is 2.07. The second-order valence-corrected chi connectivity index (χ2v) is 4.40. The molecule has 0 aliphatic heterocycles. The van der Waals surface area contributed by atoms with Gasteiger partial charge in [0.1, 0.15) is 5.82 Å². The molecule has 1 aromatic rings. The lowest BCUT2D eigenvalue weighted by atomic mass is 10.0. The summed E-state index contributed by atoms with van der Waals surface area (Å²) in [6.07, 6.45) is 2.00. The van der Waals surface area contributed by atoms with Gasteiger partial charge in [-0.05, 0) is 35.0 Å². The molecule has 0 radical (unpaired) electrons. The van der Waals surface area contributed by atoms with Crippen LogP contribution in [0.4, 0.5) is 4.39 Å². The molecule has 0 aliphatic rings. The Balaban J connectivity index is 2.94. The van der Waals surface area contributed by atoms with E-state index in [-0.39, 0.29) is 11.9 Å². The molecule has 0 spiro atoms. The summed E-state index contributed by atoms with van der Waals surface area (Å²) in [5, 5.41) is 3.31. The van der Waals surface area contributed by atoms with E-state index < -0.39 is 0 Å². The van der Waals surface area contributed by atoms with E-state index in [1.165, 1.54) is 0 Å². The Bertz CT molecular complexity index is 308. The SMILES string of the molecule is CCCC(NCC)c1cccc(Br)c1F. The van der Waals surface area contributed by atoms with Gasteiger partial charge < -0.3 is 5.32 Å². The molecule has 0 amide bonds. The van der Waals surface area contributed by atoms with Gasteiger partial charge in [-0.15, -0.1) is 0 Å². The molecular formula is C12H17BrFN. The van der Waals surface area contributed by atoms with Gasteiger partial charge >= 0.3 is 0 Å². The largest absolute Gasteiger partial charge is 0.310 e. The Morgan fingerprint density at radius 2 is 2.13 bits per heavy atom. The molecule has 1 unspecified atom stereocenters. The molecule has 0 aromatic heterocycles. The van der Waals surface area contributed by atoms with Gasteiger partial charge in [-0.1, -0.05) is 32.4 Å². The van der Waals surface area contributed by atoms with Gasteiger partial charge in [-0.2, -0.15) is 0 Å². The van der Waals surface area contributed by atoms with E-state index in [9.17, 15) is 4.39 Å². The van der Waals surface area contributed by atoms with Crippen LogP contribution in [0.2, 0.25) is 0 Å². The summed E-state index contributed by atoms with van der Waals surface area (Å²) >= 11 is 3.21. The highest BCUT2D eigenvalue weighted by atomic mass is 79.9. The van der Waals surface area contributed by atoms with Crippen LogP contribution in [0.25, 0.3) is 0 Å². The van der Waals surface area contributed by atoms with Gasteiger partial charge in [0.15, 0.2) is 0 Å². The summed E-state index contributed by atoms with van der Waals surface area (Å²) in [5.74, 6) is -0.142. The van der Waals surface area contributed by atoms with E-state index >= 15 is 0 Å². The van der Waals surface area contributed by atoms with Crippen LogP contribution in [-0.4, -0.2) is 6.54 Å². The van der Waals surface area contributed by atoms with Crippen LogP contribution in [0.3, 0.4) is 0 Å². The molecule has 0 saturated heterocycles. The molecule has 1 rings (SSSR count). The fourth-order valence-electron chi connectivity index (χ4n) is 1.69. The number of rotatable bonds is 5. The van der Waals surface area contributed by atoms with Crippen LogP contribution in [0.5, 0.6) is 0 Å². The van der Waals surface area contributed by atoms with Crippen LogP contribution in [0.15, 0.2) is 22.7 Å². The Labute approximate surface area is 99.2 Å². The number of nitrogens with one attached hydrogen (secondary N) is 1. The van der Waals surface area contributed by atoms with E-state index in [1.807, 2.05) is 19.1 Å². The van der Waals surface area contributed by atoms with Gasteiger partial charge in [-0.3, -0.25) is 0 Å². The third-order valence-electron chi connectivity index (χ3n) is 2.38. The molecule has 15 heavy (non-hydrogen) atoms. The number of halogens is 2. The van der Waals surface area contributed by atoms with Crippen molar-refractivity contribution < 1.29 is 4.39 Å². The highest BCUT2D eigenvalue weighted by Gasteiger charge is 2.15. The lowest BCUT2D eigenvalue weighted by Gasteiger charge is -2.18. The second-order valence-electron chi connectivity index (χ2n) is 3.54. The predicted octanol–water partition coefficient (Wildman–Crippen LogP) is 4.04. The first-order chi connectivity index (χ1) is 7.20. The van der Waals surface area contributed by atoms with Gasteiger partial charge in [0, 0.05) is 11.6 Å². The van der Waals surface area contributed by atoms with E-state index in [1.54, 1.807) is 6.07 Å². The molecule has 1 nitrogen and oxygen atoms in total. The molecule has 0 saturated carbocycles. The lowest BCUT2D eigenvalue weighted by Crippen LogP contribution is -2.21. The van der Waals surface area contributed by atoms with Crippen LogP contribution < -0.4 is 5.32 Å². The first-order valence-electron chi connectivity index (χ1n) is 5.38. The van der Waals surface area contributed by atoms with Crippen LogP contribution in [0, 0.1) is 5.82 Å². The zero-order valence-corrected chi connectivity index (χ0v) is 10.8. The predicted molar refractivity (Wildman–Crippen MR) is 65.4 cm³/mol. The standard InChI is InChI=1S/C12H17BrFN/c1-3-6-11(15-4-2)9-7-5-8-10(13)12(9)14/h5,7-8,11,15H,3-4,6H2,1-2H3. The normalized spacial score (nSPS) is 12.8. The minimum Gasteiger partial charge on any atom is -0.310 e. The van der Waals surface area contributed by atoms with Gasteiger partial charge in [0.05, 0.1) is 4.47 Å². The van der Waals surface area contributed by atoms with Crippen molar-refractivity contribution in [2.75, 3.05) is 6.54 Å². The zero-order valence-electron chi connectivity index (χ0n) is 9.19. The Kier molecular flexibility index (Phi) is 5.26. The topological polar surface area (TPSA) is 12.0 Å². The molecule has 3 heteroatoms. The Morgan fingerprint density at radius 1 is 1.40 bits per heavy atom. The lowest BCUT2D eigenvalue weighted by molar-refractivity contribution is 0.479. The minimum absolute atomic E-state index is 0.123. The van der Waals surface area contributed by atoms with Gasteiger partial charge in [-0.25, -0.2) is 4.39 Å². The summed E-state index contributed by atoms with van der Waals surface area (Å²) in [5.41, 5.74) is 0.757. The van der Waals surface area contributed by atoms with Crippen molar-refractivity contribution in [3.63, 3.8) is 0 Å². The molecule has 0 bridgehead atoms. The fraction of sp³-hybridized carbons (Fsp3) is 0.500. The number of hydrogen-bond acceptors (Lipinski definition) is 1. The summed E-state index contributed by atoms with van der Waals surface area (Å²) in [6.45, 7) is 5.01. The summed E-state index contributed by atoms with van der Waals surface area (Å²) in [4.78, 5) is 0. The van der Waals surface area contributed by atoms with Gasteiger partial charge in [0.2, 0.25) is 0 Å². The highest BCUT2D eigenvalue weighted by Crippen LogP contribution is 2.26. The molecule has 0 aliphatic carbocycles. The van der Waals surface area contributed by atoms with Gasteiger partial charge in [0.25, 0.3) is 0 Å². The Hall–Kier alpha value is -0.410. The molecule has 0 heterocycles. The van der Waals surface area contributed by atoms with E-state index in [2.05, 4.69) is 28.2 Å². The smallest absolute Gasteiger partial charge is 0.142 e. The van der Waals surface area contributed by atoms with Crippen molar-refractivity contribution in [2.24, 2.45) is 0 Å². The van der Waals surface area contributed by atoms with Crippen LogP contribution in [-0.2, 0) is 0 Å².